The van der Waals surface area contributed by atoms with Crippen LogP contribution in [0, 0.1) is 0 Å². The number of carbonyl (C=O) groups is 1. The summed E-state index contributed by atoms with van der Waals surface area (Å²) in [7, 11) is 0. The van der Waals surface area contributed by atoms with Gasteiger partial charge in [0.05, 0.1) is 12.1 Å². The molecule has 1 heterocycles. The first-order valence-electron chi connectivity index (χ1n) is 6.72. The predicted octanol–water partition coefficient (Wildman–Crippen LogP) is 2.29. The Morgan fingerprint density at radius 2 is 2.10 bits per heavy atom. The zero-order valence-electron chi connectivity index (χ0n) is 11.0. The van der Waals surface area contributed by atoms with E-state index in [1.807, 2.05) is 0 Å². The summed E-state index contributed by atoms with van der Waals surface area (Å²) in [4.78, 5) is 12.0. The van der Waals surface area contributed by atoms with Gasteiger partial charge >= 0.3 is 0 Å². The molecule has 3 N–H and O–H groups in total. The third kappa shape index (κ3) is 3.85. The number of carbonyl (C=O) groups excluding carboxylic acids is 1. The summed E-state index contributed by atoms with van der Waals surface area (Å²) in [6.45, 7) is 0.956. The molecule has 110 valence electrons. The lowest BCUT2D eigenvalue weighted by molar-refractivity contribution is -0.124. The SMILES string of the molecule is O=C(NC[C@H](O)c1c(Cl)cccc1Cl)[C@@H]1CCCCN1. The molecule has 0 saturated carbocycles. The zero-order valence-corrected chi connectivity index (χ0v) is 12.5. The van der Waals surface area contributed by atoms with Crippen molar-refractivity contribution in [1.82, 2.24) is 10.6 Å². The number of aliphatic hydroxyl groups excluding tert-OH is 1. The molecule has 1 aliphatic rings. The number of hydrogen-bond acceptors (Lipinski definition) is 3. The van der Waals surface area contributed by atoms with Crippen LogP contribution in [0.15, 0.2) is 18.2 Å². The Labute approximate surface area is 128 Å². The minimum atomic E-state index is -0.913. The molecule has 0 radical (unpaired) electrons. The fourth-order valence-electron chi connectivity index (χ4n) is 2.33. The van der Waals surface area contributed by atoms with Gasteiger partial charge in [0.2, 0.25) is 5.91 Å². The van der Waals surface area contributed by atoms with Gasteiger partial charge in [-0.15, -0.1) is 0 Å². The van der Waals surface area contributed by atoms with Crippen LogP contribution in [0.1, 0.15) is 30.9 Å². The molecule has 1 saturated heterocycles. The quantitative estimate of drug-likeness (QED) is 0.798. The number of aliphatic hydroxyl groups is 1. The predicted molar refractivity (Wildman–Crippen MR) is 80.1 cm³/mol. The summed E-state index contributed by atoms with van der Waals surface area (Å²) in [5.74, 6) is -0.0908. The van der Waals surface area contributed by atoms with Gasteiger partial charge in [0.25, 0.3) is 0 Å². The highest BCUT2D eigenvalue weighted by Crippen LogP contribution is 2.29. The topological polar surface area (TPSA) is 61.4 Å². The molecule has 0 spiro atoms. The first-order valence-corrected chi connectivity index (χ1v) is 7.48. The Bertz CT molecular complexity index is 456. The third-order valence-electron chi connectivity index (χ3n) is 3.43. The lowest BCUT2D eigenvalue weighted by Crippen LogP contribution is -2.47. The molecule has 2 rings (SSSR count). The number of halogens is 2. The summed E-state index contributed by atoms with van der Waals surface area (Å²) < 4.78 is 0. The maximum atomic E-state index is 12.0. The van der Waals surface area contributed by atoms with Crippen molar-refractivity contribution < 1.29 is 9.90 Å². The van der Waals surface area contributed by atoms with E-state index < -0.39 is 6.10 Å². The van der Waals surface area contributed by atoms with Gasteiger partial charge in [0.15, 0.2) is 0 Å². The lowest BCUT2D eigenvalue weighted by atomic mass is 10.0. The highest BCUT2D eigenvalue weighted by Gasteiger charge is 2.22. The molecule has 1 aliphatic heterocycles. The van der Waals surface area contributed by atoms with Crippen LogP contribution in [0.25, 0.3) is 0 Å². The van der Waals surface area contributed by atoms with E-state index in [0.29, 0.717) is 15.6 Å². The first-order chi connectivity index (χ1) is 9.59. The second kappa shape index (κ2) is 7.27. The zero-order chi connectivity index (χ0) is 14.5. The van der Waals surface area contributed by atoms with Crippen LogP contribution in [0.4, 0.5) is 0 Å². The van der Waals surface area contributed by atoms with Gasteiger partial charge in [0.1, 0.15) is 0 Å². The molecule has 0 aliphatic carbocycles. The summed E-state index contributed by atoms with van der Waals surface area (Å²) >= 11 is 12.0. The van der Waals surface area contributed by atoms with Crippen molar-refractivity contribution in [1.29, 1.82) is 0 Å². The van der Waals surface area contributed by atoms with Gasteiger partial charge < -0.3 is 15.7 Å². The molecular weight excluding hydrogens is 299 g/mol. The Morgan fingerprint density at radius 1 is 1.40 bits per heavy atom. The first kappa shape index (κ1) is 15.6. The van der Waals surface area contributed by atoms with E-state index in [1.54, 1.807) is 18.2 Å². The fourth-order valence-corrected chi connectivity index (χ4v) is 2.98. The van der Waals surface area contributed by atoms with E-state index in [1.165, 1.54) is 0 Å². The number of piperidine rings is 1. The van der Waals surface area contributed by atoms with Gasteiger partial charge in [-0.2, -0.15) is 0 Å². The van der Waals surface area contributed by atoms with E-state index in [0.717, 1.165) is 25.8 Å². The van der Waals surface area contributed by atoms with Crippen molar-refractivity contribution >= 4 is 29.1 Å². The molecule has 20 heavy (non-hydrogen) atoms. The van der Waals surface area contributed by atoms with Crippen LogP contribution in [0.2, 0.25) is 10.0 Å². The summed E-state index contributed by atoms with van der Waals surface area (Å²) in [6.07, 6.45) is 2.06. The van der Waals surface area contributed by atoms with Crippen LogP contribution in [0.3, 0.4) is 0 Å². The average molecular weight is 317 g/mol. The van der Waals surface area contributed by atoms with Crippen molar-refractivity contribution in [2.24, 2.45) is 0 Å². The highest BCUT2D eigenvalue weighted by molar-refractivity contribution is 6.36. The summed E-state index contributed by atoms with van der Waals surface area (Å²) in [6, 6.07) is 4.87. The Balaban J connectivity index is 1.91. The van der Waals surface area contributed by atoms with E-state index in [4.69, 9.17) is 23.2 Å². The number of hydrogen-bond donors (Lipinski definition) is 3. The van der Waals surface area contributed by atoms with Crippen LogP contribution in [-0.4, -0.2) is 30.1 Å². The van der Waals surface area contributed by atoms with E-state index in [9.17, 15) is 9.90 Å². The van der Waals surface area contributed by atoms with Gasteiger partial charge in [-0.3, -0.25) is 4.79 Å². The van der Waals surface area contributed by atoms with Crippen LogP contribution >= 0.6 is 23.2 Å². The van der Waals surface area contributed by atoms with Crippen molar-refractivity contribution in [2.45, 2.75) is 31.4 Å². The monoisotopic (exact) mass is 316 g/mol. The van der Waals surface area contributed by atoms with Gasteiger partial charge in [-0.25, -0.2) is 0 Å². The average Bonchev–Trinajstić information content (AvgIpc) is 2.45. The van der Waals surface area contributed by atoms with E-state index >= 15 is 0 Å². The van der Waals surface area contributed by atoms with Crippen LogP contribution in [0.5, 0.6) is 0 Å². The van der Waals surface area contributed by atoms with E-state index in [-0.39, 0.29) is 18.5 Å². The van der Waals surface area contributed by atoms with Gasteiger partial charge in [-0.05, 0) is 31.5 Å². The number of benzene rings is 1. The fraction of sp³-hybridized carbons (Fsp3) is 0.500. The minimum absolute atomic E-state index is 0.0908. The molecule has 0 bridgehead atoms. The van der Waals surface area contributed by atoms with Crippen LogP contribution < -0.4 is 10.6 Å². The molecule has 4 nitrogen and oxygen atoms in total. The van der Waals surface area contributed by atoms with Crippen LogP contribution in [-0.2, 0) is 4.79 Å². The molecule has 1 aromatic carbocycles. The largest absolute Gasteiger partial charge is 0.386 e. The second-order valence-corrected chi connectivity index (χ2v) is 5.71. The molecule has 6 heteroatoms. The molecule has 2 atom stereocenters. The standard InChI is InChI=1S/C14H18Cl2N2O2/c15-9-4-3-5-10(16)13(9)12(19)8-18-14(20)11-6-1-2-7-17-11/h3-5,11-12,17,19H,1-2,6-8H2,(H,18,20)/t11-,12-/m0/s1. The third-order valence-corrected chi connectivity index (χ3v) is 4.09. The molecule has 1 fully saturated rings. The summed E-state index contributed by atoms with van der Waals surface area (Å²) in [5, 5.41) is 16.8. The molecule has 0 aromatic heterocycles. The van der Waals surface area contributed by atoms with Crippen molar-refractivity contribution in [2.75, 3.05) is 13.1 Å². The Morgan fingerprint density at radius 3 is 2.70 bits per heavy atom. The maximum Gasteiger partial charge on any atom is 0.237 e. The lowest BCUT2D eigenvalue weighted by Gasteiger charge is -2.23. The number of amides is 1. The van der Waals surface area contributed by atoms with Crippen molar-refractivity contribution in [3.05, 3.63) is 33.8 Å². The Kier molecular flexibility index (Phi) is 5.66. The minimum Gasteiger partial charge on any atom is -0.386 e. The van der Waals surface area contributed by atoms with Crippen molar-refractivity contribution in [3.8, 4) is 0 Å². The molecule has 1 aromatic rings. The second-order valence-electron chi connectivity index (χ2n) is 4.90. The maximum absolute atomic E-state index is 12.0. The van der Waals surface area contributed by atoms with Gasteiger partial charge in [0, 0.05) is 22.2 Å². The number of nitrogens with one attached hydrogen (secondary N) is 2. The highest BCUT2D eigenvalue weighted by atomic mass is 35.5. The smallest absolute Gasteiger partial charge is 0.237 e. The normalized spacial score (nSPS) is 20.4. The molecular formula is C14H18Cl2N2O2. The number of rotatable bonds is 4. The molecule has 1 amide bonds. The molecule has 0 unspecified atom stereocenters. The van der Waals surface area contributed by atoms with Crippen molar-refractivity contribution in [3.63, 3.8) is 0 Å². The Hall–Kier alpha value is -0.810. The summed E-state index contributed by atoms with van der Waals surface area (Å²) in [5.41, 5.74) is 0.452. The van der Waals surface area contributed by atoms with Gasteiger partial charge in [-0.1, -0.05) is 35.7 Å². The van der Waals surface area contributed by atoms with E-state index in [2.05, 4.69) is 10.6 Å².